The Kier molecular flexibility index (Phi) is 5.24. The van der Waals surface area contributed by atoms with Gasteiger partial charge in [-0.2, -0.15) is 0 Å². The first kappa shape index (κ1) is 16.0. The molecule has 2 aliphatic heterocycles. The Hall–Kier alpha value is -0.420. The Morgan fingerprint density at radius 1 is 1.25 bits per heavy atom. The lowest BCUT2D eigenvalue weighted by atomic mass is 9.76. The van der Waals surface area contributed by atoms with Gasteiger partial charge < -0.3 is 10.2 Å². The second kappa shape index (κ2) is 6.56. The van der Waals surface area contributed by atoms with Gasteiger partial charge in [0.2, 0.25) is 0 Å². The maximum atomic E-state index is 10.3. The van der Waals surface area contributed by atoms with Crippen LogP contribution in [0.1, 0.15) is 33.6 Å². The molecule has 0 aromatic heterocycles. The average Bonchev–Trinajstić information content (AvgIpc) is 2.35. The van der Waals surface area contributed by atoms with Crippen LogP contribution in [0.3, 0.4) is 0 Å². The molecule has 4 nitrogen and oxygen atoms in total. The van der Waals surface area contributed by atoms with E-state index in [1.807, 2.05) is 12.2 Å². The quantitative estimate of drug-likeness (QED) is 0.763. The van der Waals surface area contributed by atoms with E-state index in [-0.39, 0.29) is 6.10 Å². The van der Waals surface area contributed by atoms with Crippen LogP contribution in [0.4, 0.5) is 0 Å². The minimum atomic E-state index is -0.466. The van der Waals surface area contributed by atoms with Crippen LogP contribution in [0.2, 0.25) is 0 Å². The van der Waals surface area contributed by atoms with E-state index in [2.05, 4.69) is 30.6 Å². The molecule has 0 aliphatic carbocycles. The normalized spacial score (nSPS) is 28.8. The third kappa shape index (κ3) is 4.29. The minimum Gasteiger partial charge on any atom is -0.390 e. The van der Waals surface area contributed by atoms with Crippen molar-refractivity contribution in [2.24, 2.45) is 11.3 Å². The molecule has 2 heterocycles. The second-order valence-electron chi connectivity index (χ2n) is 7.41. The molecule has 2 aliphatic rings. The van der Waals surface area contributed by atoms with Crippen molar-refractivity contribution < 1.29 is 10.2 Å². The molecule has 2 rings (SSSR count). The van der Waals surface area contributed by atoms with Crippen molar-refractivity contribution in [3.63, 3.8) is 0 Å². The van der Waals surface area contributed by atoms with Gasteiger partial charge >= 0.3 is 0 Å². The number of aliphatic hydroxyl groups is 2. The van der Waals surface area contributed by atoms with E-state index in [9.17, 15) is 10.2 Å². The number of piperidine rings is 1. The SMILES string of the molecule is CC(C)(C)C1CCCN(C(O)/C=C/CN2CC(O)C2)C1. The Balaban J connectivity index is 1.76. The molecule has 2 fully saturated rings. The fourth-order valence-corrected chi connectivity index (χ4v) is 3.10. The summed E-state index contributed by atoms with van der Waals surface area (Å²) < 4.78 is 0. The molecule has 0 aromatic carbocycles. The van der Waals surface area contributed by atoms with Crippen LogP contribution in [0, 0.1) is 11.3 Å². The first-order valence-corrected chi connectivity index (χ1v) is 7.85. The molecule has 0 bridgehead atoms. The second-order valence-corrected chi connectivity index (χ2v) is 7.41. The summed E-state index contributed by atoms with van der Waals surface area (Å²) in [4.78, 5) is 4.35. The lowest BCUT2D eigenvalue weighted by Gasteiger charge is -2.41. The van der Waals surface area contributed by atoms with E-state index in [4.69, 9.17) is 0 Å². The van der Waals surface area contributed by atoms with Crippen molar-refractivity contribution in [2.45, 2.75) is 45.9 Å². The summed E-state index contributed by atoms with van der Waals surface area (Å²) >= 11 is 0. The van der Waals surface area contributed by atoms with Gasteiger partial charge in [-0.1, -0.05) is 26.8 Å². The van der Waals surface area contributed by atoms with Gasteiger partial charge in [0.05, 0.1) is 6.10 Å². The van der Waals surface area contributed by atoms with Gasteiger partial charge in [0.25, 0.3) is 0 Å². The fraction of sp³-hybridized carbons (Fsp3) is 0.875. The number of hydrogen-bond acceptors (Lipinski definition) is 4. The van der Waals surface area contributed by atoms with Crippen molar-refractivity contribution in [1.29, 1.82) is 0 Å². The molecule has 4 heteroatoms. The van der Waals surface area contributed by atoms with E-state index >= 15 is 0 Å². The van der Waals surface area contributed by atoms with Crippen LogP contribution in [0.25, 0.3) is 0 Å². The number of nitrogens with zero attached hydrogens (tertiary/aromatic N) is 2. The van der Waals surface area contributed by atoms with Gasteiger partial charge in [-0.25, -0.2) is 0 Å². The topological polar surface area (TPSA) is 46.9 Å². The zero-order chi connectivity index (χ0) is 14.8. The molecule has 0 amide bonds. The van der Waals surface area contributed by atoms with Crippen molar-refractivity contribution in [3.8, 4) is 0 Å². The summed E-state index contributed by atoms with van der Waals surface area (Å²) in [7, 11) is 0. The molecule has 0 spiro atoms. The fourth-order valence-electron chi connectivity index (χ4n) is 3.10. The van der Waals surface area contributed by atoms with Crippen LogP contribution >= 0.6 is 0 Å². The number of likely N-dealkylation sites (tertiary alicyclic amines) is 2. The smallest absolute Gasteiger partial charge is 0.126 e. The van der Waals surface area contributed by atoms with Crippen molar-refractivity contribution in [1.82, 2.24) is 9.80 Å². The van der Waals surface area contributed by atoms with Crippen LogP contribution in [-0.4, -0.2) is 65.1 Å². The molecule has 0 radical (unpaired) electrons. The molecule has 116 valence electrons. The zero-order valence-electron chi connectivity index (χ0n) is 13.1. The molecule has 2 saturated heterocycles. The van der Waals surface area contributed by atoms with E-state index in [0.29, 0.717) is 11.3 Å². The standard InChI is InChI=1S/C16H30N2O2/c1-16(2,3)13-6-4-9-18(10-13)15(20)7-5-8-17-11-14(19)12-17/h5,7,13-15,19-20H,4,6,8-12H2,1-3H3/b7-5+. The molecule has 0 aromatic rings. The largest absolute Gasteiger partial charge is 0.390 e. The highest BCUT2D eigenvalue weighted by Crippen LogP contribution is 2.33. The highest BCUT2D eigenvalue weighted by Gasteiger charge is 2.31. The van der Waals surface area contributed by atoms with Gasteiger partial charge in [-0.15, -0.1) is 0 Å². The summed E-state index contributed by atoms with van der Waals surface area (Å²) in [5.74, 6) is 0.657. The Labute approximate surface area is 123 Å². The van der Waals surface area contributed by atoms with Crippen molar-refractivity contribution in [3.05, 3.63) is 12.2 Å². The number of rotatable bonds is 4. The molecular formula is C16H30N2O2. The van der Waals surface area contributed by atoms with Gasteiger partial charge in [-0.05, 0) is 30.3 Å². The van der Waals surface area contributed by atoms with E-state index in [1.54, 1.807) is 0 Å². The molecular weight excluding hydrogens is 252 g/mol. The zero-order valence-corrected chi connectivity index (χ0v) is 13.1. The molecule has 0 saturated carbocycles. The first-order valence-electron chi connectivity index (χ1n) is 7.85. The predicted octanol–water partition coefficient (Wildman–Crippen LogP) is 1.30. The monoisotopic (exact) mass is 282 g/mol. The van der Waals surface area contributed by atoms with Gasteiger partial charge in [0.1, 0.15) is 6.23 Å². The highest BCUT2D eigenvalue weighted by molar-refractivity contribution is 4.95. The lowest BCUT2D eigenvalue weighted by Crippen LogP contribution is -2.50. The van der Waals surface area contributed by atoms with Crippen LogP contribution in [0.15, 0.2) is 12.2 Å². The van der Waals surface area contributed by atoms with Crippen molar-refractivity contribution >= 4 is 0 Å². The summed E-state index contributed by atoms with van der Waals surface area (Å²) in [6, 6.07) is 0. The summed E-state index contributed by atoms with van der Waals surface area (Å²) in [6.07, 6.45) is 5.74. The molecule has 2 unspecified atom stereocenters. The predicted molar refractivity (Wildman–Crippen MR) is 81.3 cm³/mol. The summed E-state index contributed by atoms with van der Waals surface area (Å²) in [6.45, 7) is 11.2. The van der Waals surface area contributed by atoms with Gasteiger partial charge in [0, 0.05) is 32.7 Å². The van der Waals surface area contributed by atoms with Crippen LogP contribution in [0.5, 0.6) is 0 Å². The number of hydrogen-bond donors (Lipinski definition) is 2. The molecule has 2 N–H and O–H groups in total. The first-order chi connectivity index (χ1) is 9.36. The van der Waals surface area contributed by atoms with E-state index < -0.39 is 6.23 Å². The molecule has 2 atom stereocenters. The van der Waals surface area contributed by atoms with E-state index in [1.165, 1.54) is 12.8 Å². The highest BCUT2D eigenvalue weighted by atomic mass is 16.3. The average molecular weight is 282 g/mol. The maximum absolute atomic E-state index is 10.3. The number of β-amino-alcohol motifs (C(OH)–C–C–N with tert-alkyl or cyclic N) is 1. The lowest BCUT2D eigenvalue weighted by molar-refractivity contribution is -0.0102. The third-order valence-corrected chi connectivity index (χ3v) is 4.66. The number of aliphatic hydroxyl groups excluding tert-OH is 2. The minimum absolute atomic E-state index is 0.150. The molecule has 20 heavy (non-hydrogen) atoms. The van der Waals surface area contributed by atoms with Gasteiger partial charge in [0.15, 0.2) is 0 Å². The summed E-state index contributed by atoms with van der Waals surface area (Å²) in [5.41, 5.74) is 0.315. The van der Waals surface area contributed by atoms with E-state index in [0.717, 1.165) is 32.7 Å². The summed E-state index contributed by atoms with van der Waals surface area (Å²) in [5, 5.41) is 19.5. The van der Waals surface area contributed by atoms with Crippen LogP contribution < -0.4 is 0 Å². The van der Waals surface area contributed by atoms with Crippen LogP contribution in [-0.2, 0) is 0 Å². The maximum Gasteiger partial charge on any atom is 0.126 e. The third-order valence-electron chi connectivity index (χ3n) is 4.66. The Morgan fingerprint density at radius 2 is 1.95 bits per heavy atom. The Bertz CT molecular complexity index is 332. The van der Waals surface area contributed by atoms with Crippen molar-refractivity contribution in [2.75, 3.05) is 32.7 Å². The van der Waals surface area contributed by atoms with Gasteiger partial charge in [-0.3, -0.25) is 9.80 Å². The Morgan fingerprint density at radius 3 is 2.55 bits per heavy atom.